The summed E-state index contributed by atoms with van der Waals surface area (Å²) in [7, 11) is 0. The van der Waals surface area contributed by atoms with Crippen molar-refractivity contribution in [2.45, 2.75) is 39.2 Å². The van der Waals surface area contributed by atoms with Gasteiger partial charge < -0.3 is 14.6 Å². The molecule has 5 nitrogen and oxygen atoms in total. The molecule has 0 bridgehead atoms. The number of ketones is 1. The molecule has 5 heteroatoms. The lowest BCUT2D eigenvalue weighted by molar-refractivity contribution is 0.0797. The Kier molecular flexibility index (Phi) is 6.17. The Labute approximate surface area is 177 Å². The van der Waals surface area contributed by atoms with Gasteiger partial charge in [0.05, 0.1) is 0 Å². The van der Waals surface area contributed by atoms with Crippen LogP contribution in [0.4, 0.5) is 4.79 Å². The summed E-state index contributed by atoms with van der Waals surface area (Å²) in [5.41, 5.74) is 3.94. The molecule has 1 aromatic heterocycles. The number of likely N-dealkylation sites (tertiary alicyclic amines) is 1. The lowest BCUT2D eigenvalue weighted by Crippen LogP contribution is -2.38. The van der Waals surface area contributed by atoms with Crippen molar-refractivity contribution in [1.82, 2.24) is 9.88 Å². The number of hydrogen-bond donors (Lipinski definition) is 1. The molecule has 1 saturated heterocycles. The van der Waals surface area contributed by atoms with E-state index in [9.17, 15) is 9.59 Å². The van der Waals surface area contributed by atoms with Gasteiger partial charge in [0, 0.05) is 42.2 Å². The molecule has 1 aliphatic heterocycles. The van der Waals surface area contributed by atoms with Crippen molar-refractivity contribution in [2.24, 2.45) is 5.92 Å². The fourth-order valence-corrected chi connectivity index (χ4v) is 4.15. The molecule has 2 heterocycles. The number of carbonyl (C=O) groups is 2. The summed E-state index contributed by atoms with van der Waals surface area (Å²) in [6.07, 6.45) is 4.83. The predicted octanol–water partition coefficient (Wildman–Crippen LogP) is 5.49. The van der Waals surface area contributed by atoms with E-state index in [2.05, 4.69) is 11.1 Å². The number of amides is 1. The molecule has 156 valence electrons. The molecule has 0 atom stereocenters. The Bertz CT molecular complexity index is 1020. The van der Waals surface area contributed by atoms with Crippen LogP contribution in [0.5, 0.6) is 0 Å². The van der Waals surface area contributed by atoms with Gasteiger partial charge in [0.2, 0.25) is 0 Å². The number of carbonyl (C=O) groups excluding carboxylic acids is 2. The van der Waals surface area contributed by atoms with Gasteiger partial charge in [-0.2, -0.15) is 0 Å². The van der Waals surface area contributed by atoms with E-state index in [0.29, 0.717) is 32.0 Å². The van der Waals surface area contributed by atoms with Crippen LogP contribution in [-0.2, 0) is 11.3 Å². The molecule has 1 aliphatic rings. The average Bonchev–Trinajstić information content (AvgIpc) is 3.20. The molecule has 2 aromatic carbocycles. The number of Topliss-reactive ketones (excluding diaryl/α,β-unsaturated/α-hetero) is 1. The fraction of sp³-hybridized carbons (Fsp3) is 0.360. The summed E-state index contributed by atoms with van der Waals surface area (Å²) in [6, 6.07) is 15.9. The van der Waals surface area contributed by atoms with Crippen LogP contribution in [-0.4, -0.2) is 34.8 Å². The summed E-state index contributed by atoms with van der Waals surface area (Å²) in [5, 5.41) is 1.01. The van der Waals surface area contributed by atoms with E-state index >= 15 is 0 Å². The number of nitrogens with zero attached hydrogens (tertiary/aromatic N) is 1. The largest absolute Gasteiger partial charge is 0.445 e. The van der Waals surface area contributed by atoms with Gasteiger partial charge in [0.15, 0.2) is 5.78 Å². The second-order valence-electron chi connectivity index (χ2n) is 8.18. The Balaban J connectivity index is 1.23. The summed E-state index contributed by atoms with van der Waals surface area (Å²) in [6.45, 7) is 3.73. The number of rotatable bonds is 6. The van der Waals surface area contributed by atoms with Gasteiger partial charge in [0.25, 0.3) is 0 Å². The minimum Gasteiger partial charge on any atom is -0.445 e. The first-order chi connectivity index (χ1) is 14.6. The lowest BCUT2D eigenvalue weighted by Gasteiger charge is -2.31. The fourth-order valence-electron chi connectivity index (χ4n) is 4.15. The number of benzene rings is 2. The van der Waals surface area contributed by atoms with Crippen molar-refractivity contribution in [2.75, 3.05) is 13.1 Å². The third kappa shape index (κ3) is 4.73. The van der Waals surface area contributed by atoms with E-state index in [0.717, 1.165) is 46.9 Å². The zero-order valence-corrected chi connectivity index (χ0v) is 17.4. The number of fused-ring (bicyclic) bond motifs is 1. The number of aromatic nitrogens is 1. The molecule has 3 aromatic rings. The predicted molar refractivity (Wildman–Crippen MR) is 118 cm³/mol. The maximum absolute atomic E-state index is 12.8. The van der Waals surface area contributed by atoms with Crippen LogP contribution in [0.1, 0.15) is 47.2 Å². The van der Waals surface area contributed by atoms with Crippen molar-refractivity contribution >= 4 is 22.8 Å². The van der Waals surface area contributed by atoms with Crippen LogP contribution in [0.15, 0.2) is 54.7 Å². The van der Waals surface area contributed by atoms with Gasteiger partial charge in [0.1, 0.15) is 6.61 Å². The molecule has 0 unspecified atom stereocenters. The highest BCUT2D eigenvalue weighted by Gasteiger charge is 2.24. The van der Waals surface area contributed by atoms with E-state index in [1.54, 1.807) is 4.90 Å². The number of aromatic amines is 1. The molecule has 1 N–H and O–H groups in total. The molecule has 0 saturated carbocycles. The van der Waals surface area contributed by atoms with E-state index in [4.69, 9.17) is 4.74 Å². The first kappa shape index (κ1) is 20.2. The second kappa shape index (κ2) is 9.16. The summed E-state index contributed by atoms with van der Waals surface area (Å²) >= 11 is 0. The molecule has 1 fully saturated rings. The smallest absolute Gasteiger partial charge is 0.410 e. The number of piperidine rings is 1. The highest BCUT2D eigenvalue weighted by molar-refractivity contribution is 6.07. The molecule has 0 spiro atoms. The van der Waals surface area contributed by atoms with Crippen molar-refractivity contribution in [3.8, 4) is 0 Å². The van der Waals surface area contributed by atoms with Gasteiger partial charge in [-0.3, -0.25) is 4.79 Å². The first-order valence-electron chi connectivity index (χ1n) is 10.7. The number of H-pyrrole nitrogens is 1. The molecular formula is C25H28N2O3. The quantitative estimate of drug-likeness (QED) is 0.553. The minimum absolute atomic E-state index is 0.191. The van der Waals surface area contributed by atoms with Crippen molar-refractivity contribution in [3.63, 3.8) is 0 Å². The van der Waals surface area contributed by atoms with Crippen molar-refractivity contribution in [3.05, 3.63) is 71.4 Å². The first-order valence-corrected chi connectivity index (χ1v) is 10.7. The van der Waals surface area contributed by atoms with Crippen LogP contribution in [0.25, 0.3) is 10.9 Å². The van der Waals surface area contributed by atoms with Crippen LogP contribution in [0.2, 0.25) is 0 Å². The van der Waals surface area contributed by atoms with Crippen LogP contribution in [0, 0.1) is 12.8 Å². The highest BCUT2D eigenvalue weighted by Crippen LogP contribution is 2.26. The normalized spacial score (nSPS) is 14.8. The molecule has 4 rings (SSSR count). The molecule has 0 radical (unpaired) electrons. The third-order valence-electron chi connectivity index (χ3n) is 6.00. The van der Waals surface area contributed by atoms with Gasteiger partial charge in [-0.05, 0) is 49.8 Å². The van der Waals surface area contributed by atoms with E-state index in [-0.39, 0.29) is 11.9 Å². The zero-order chi connectivity index (χ0) is 20.9. The topological polar surface area (TPSA) is 62.4 Å². The van der Waals surface area contributed by atoms with Crippen LogP contribution >= 0.6 is 0 Å². The monoisotopic (exact) mass is 404 g/mol. The van der Waals surface area contributed by atoms with Gasteiger partial charge in [-0.1, -0.05) is 42.0 Å². The van der Waals surface area contributed by atoms with E-state index in [1.807, 2.05) is 55.6 Å². The average molecular weight is 405 g/mol. The van der Waals surface area contributed by atoms with Crippen LogP contribution in [0.3, 0.4) is 0 Å². The van der Waals surface area contributed by atoms with E-state index in [1.165, 1.54) is 0 Å². The van der Waals surface area contributed by atoms with E-state index < -0.39 is 0 Å². The number of nitrogens with one attached hydrogen (secondary N) is 1. The maximum Gasteiger partial charge on any atom is 0.410 e. The van der Waals surface area contributed by atoms with Crippen LogP contribution < -0.4 is 0 Å². The highest BCUT2D eigenvalue weighted by atomic mass is 16.6. The Morgan fingerprint density at radius 2 is 1.87 bits per heavy atom. The number of ether oxygens (including phenoxy) is 1. The minimum atomic E-state index is -0.248. The Morgan fingerprint density at radius 1 is 1.10 bits per heavy atom. The third-order valence-corrected chi connectivity index (χ3v) is 6.00. The maximum atomic E-state index is 12.8. The zero-order valence-electron chi connectivity index (χ0n) is 17.4. The van der Waals surface area contributed by atoms with Gasteiger partial charge in [-0.25, -0.2) is 4.79 Å². The summed E-state index contributed by atoms with van der Waals surface area (Å²) < 4.78 is 5.43. The summed E-state index contributed by atoms with van der Waals surface area (Å²) in [4.78, 5) is 30.0. The Morgan fingerprint density at radius 3 is 2.63 bits per heavy atom. The lowest BCUT2D eigenvalue weighted by atomic mass is 9.90. The number of aryl methyl sites for hydroxylation is 1. The molecule has 0 aliphatic carbocycles. The molecule has 1 amide bonds. The second-order valence-corrected chi connectivity index (χ2v) is 8.18. The van der Waals surface area contributed by atoms with Crippen molar-refractivity contribution < 1.29 is 14.3 Å². The standard InChI is InChI=1S/C25H28N2O3/c1-18-7-9-23-21(15-18)22(16-26-23)24(28)10-8-19-11-13-27(14-12-19)25(29)30-17-20-5-3-2-4-6-20/h2-7,9,15-16,19,26H,8,10-14,17H2,1H3. The molecular weight excluding hydrogens is 376 g/mol. The SMILES string of the molecule is Cc1ccc2[nH]cc(C(=O)CCC3CCN(C(=O)OCc4ccccc4)CC3)c2c1. The summed E-state index contributed by atoms with van der Waals surface area (Å²) in [5.74, 6) is 0.663. The van der Waals surface area contributed by atoms with Crippen molar-refractivity contribution in [1.29, 1.82) is 0 Å². The number of hydrogen-bond acceptors (Lipinski definition) is 3. The molecule has 30 heavy (non-hydrogen) atoms. The van der Waals surface area contributed by atoms with Gasteiger partial charge >= 0.3 is 6.09 Å². The van der Waals surface area contributed by atoms with Gasteiger partial charge in [-0.15, -0.1) is 0 Å². The Hall–Kier alpha value is -3.08.